The average molecular weight is 299 g/mol. The van der Waals surface area contributed by atoms with E-state index in [2.05, 4.69) is 30.4 Å². The highest BCUT2D eigenvalue weighted by Gasteiger charge is 2.10. The molecule has 0 saturated heterocycles. The van der Waals surface area contributed by atoms with Crippen LogP contribution < -0.4 is 10.0 Å². The van der Waals surface area contributed by atoms with Crippen molar-refractivity contribution in [3.63, 3.8) is 0 Å². The maximum absolute atomic E-state index is 11.7. The molecule has 1 amide bonds. The summed E-state index contributed by atoms with van der Waals surface area (Å²) in [6.07, 6.45) is 2.21. The van der Waals surface area contributed by atoms with Crippen molar-refractivity contribution in [1.29, 1.82) is 0 Å². The minimum Gasteiger partial charge on any atom is -0.308 e. The fourth-order valence-corrected chi connectivity index (χ4v) is 1.88. The molecule has 0 aromatic carbocycles. The second kappa shape index (κ2) is 5.28. The van der Waals surface area contributed by atoms with Crippen molar-refractivity contribution in [3.05, 3.63) is 18.0 Å². The van der Waals surface area contributed by atoms with Gasteiger partial charge in [-0.15, -0.1) is 5.10 Å². The number of aromatic nitrogens is 5. The molecule has 0 saturated carbocycles. The summed E-state index contributed by atoms with van der Waals surface area (Å²) in [6, 6.07) is 1.67. The Kier molecular flexibility index (Phi) is 3.70. The van der Waals surface area contributed by atoms with Gasteiger partial charge in [0.05, 0.1) is 12.5 Å². The molecule has 2 heterocycles. The van der Waals surface area contributed by atoms with Crippen LogP contribution in [0.4, 0.5) is 11.6 Å². The van der Waals surface area contributed by atoms with Crippen molar-refractivity contribution < 1.29 is 13.2 Å². The highest BCUT2D eigenvalue weighted by atomic mass is 32.2. The van der Waals surface area contributed by atoms with Gasteiger partial charge < -0.3 is 5.32 Å². The van der Waals surface area contributed by atoms with Crippen molar-refractivity contribution >= 4 is 27.6 Å². The third-order valence-corrected chi connectivity index (χ3v) is 2.66. The lowest BCUT2D eigenvalue weighted by Crippen LogP contribution is -2.20. The van der Waals surface area contributed by atoms with Crippen molar-refractivity contribution in [1.82, 2.24) is 25.2 Å². The van der Waals surface area contributed by atoms with Crippen molar-refractivity contribution in [2.45, 2.75) is 13.5 Å². The standard InChI is InChI=1S/C9H13N7O3S/c1-6-3-7(13-12-6)11-9(17)5-16-10-4-8(14-16)15-20(2,18)19/h3-4H,5H2,1-2H3,(H,14,15)(H2,11,12,13,17). The molecule has 0 aliphatic carbocycles. The summed E-state index contributed by atoms with van der Waals surface area (Å²) in [5, 5.41) is 16.7. The van der Waals surface area contributed by atoms with Crippen molar-refractivity contribution in [2.75, 3.05) is 16.3 Å². The molecule has 0 spiro atoms. The van der Waals surface area contributed by atoms with E-state index in [9.17, 15) is 13.2 Å². The van der Waals surface area contributed by atoms with Crippen LogP contribution >= 0.6 is 0 Å². The molecule has 20 heavy (non-hydrogen) atoms. The van der Waals surface area contributed by atoms with E-state index in [0.717, 1.165) is 16.7 Å². The molecule has 108 valence electrons. The molecule has 2 rings (SSSR count). The fraction of sp³-hybridized carbons (Fsp3) is 0.333. The van der Waals surface area contributed by atoms with Crippen LogP contribution in [-0.2, 0) is 21.4 Å². The molecule has 0 bridgehead atoms. The molecule has 0 atom stereocenters. The Hall–Kier alpha value is -2.43. The maximum Gasteiger partial charge on any atom is 0.249 e. The van der Waals surface area contributed by atoms with Crippen molar-refractivity contribution in [3.8, 4) is 0 Å². The van der Waals surface area contributed by atoms with Crippen LogP contribution in [0, 0.1) is 6.92 Å². The molecule has 2 aromatic rings. The van der Waals surface area contributed by atoms with E-state index in [-0.39, 0.29) is 18.3 Å². The first-order chi connectivity index (χ1) is 9.32. The lowest BCUT2D eigenvalue weighted by Gasteiger charge is -2.00. The van der Waals surface area contributed by atoms with Gasteiger partial charge in [0.1, 0.15) is 6.54 Å². The topological polar surface area (TPSA) is 135 Å². The Bertz CT molecular complexity index is 717. The van der Waals surface area contributed by atoms with Crippen LogP contribution in [0.15, 0.2) is 12.3 Å². The summed E-state index contributed by atoms with van der Waals surface area (Å²) in [4.78, 5) is 12.8. The van der Waals surface area contributed by atoms with Crippen molar-refractivity contribution in [2.24, 2.45) is 0 Å². The zero-order valence-corrected chi connectivity index (χ0v) is 11.6. The largest absolute Gasteiger partial charge is 0.308 e. The number of hydrogen-bond donors (Lipinski definition) is 3. The Morgan fingerprint density at radius 1 is 1.45 bits per heavy atom. The Balaban J connectivity index is 1.95. The van der Waals surface area contributed by atoms with E-state index in [0.29, 0.717) is 5.82 Å². The van der Waals surface area contributed by atoms with E-state index in [1.54, 1.807) is 13.0 Å². The van der Waals surface area contributed by atoms with E-state index in [1.165, 1.54) is 6.20 Å². The number of H-pyrrole nitrogens is 1. The molecule has 0 radical (unpaired) electrons. The summed E-state index contributed by atoms with van der Waals surface area (Å²) in [7, 11) is -3.42. The van der Waals surface area contributed by atoms with E-state index in [1.807, 2.05) is 0 Å². The number of anilines is 2. The summed E-state index contributed by atoms with van der Waals surface area (Å²) < 4.78 is 24.1. The third kappa shape index (κ3) is 4.05. The summed E-state index contributed by atoms with van der Waals surface area (Å²) >= 11 is 0. The second-order valence-corrected chi connectivity index (χ2v) is 5.87. The van der Waals surface area contributed by atoms with Gasteiger partial charge in [-0.1, -0.05) is 0 Å². The molecule has 0 unspecified atom stereocenters. The minimum absolute atomic E-state index is 0.0518. The summed E-state index contributed by atoms with van der Waals surface area (Å²) in [6.45, 7) is 1.65. The first kappa shape index (κ1) is 14.0. The Labute approximate surface area is 114 Å². The van der Waals surface area contributed by atoms with Gasteiger partial charge in [0, 0.05) is 11.8 Å². The van der Waals surface area contributed by atoms with Crippen LogP contribution in [0.5, 0.6) is 0 Å². The fourth-order valence-electron chi connectivity index (χ4n) is 1.40. The number of carbonyl (C=O) groups is 1. The normalized spacial score (nSPS) is 11.3. The lowest BCUT2D eigenvalue weighted by atomic mass is 10.4. The van der Waals surface area contributed by atoms with Gasteiger partial charge in [0.15, 0.2) is 11.6 Å². The molecule has 11 heteroatoms. The van der Waals surface area contributed by atoms with E-state index in [4.69, 9.17) is 0 Å². The van der Waals surface area contributed by atoms with E-state index < -0.39 is 10.0 Å². The second-order valence-electron chi connectivity index (χ2n) is 4.12. The van der Waals surface area contributed by atoms with Crippen LogP contribution in [0.3, 0.4) is 0 Å². The summed E-state index contributed by atoms with van der Waals surface area (Å²) in [5.41, 5.74) is 0.817. The predicted octanol–water partition coefficient (Wildman–Crippen LogP) is -0.680. The molecule has 0 fully saturated rings. The molecule has 0 aliphatic rings. The number of carbonyl (C=O) groups excluding carboxylic acids is 1. The highest BCUT2D eigenvalue weighted by molar-refractivity contribution is 7.92. The summed E-state index contributed by atoms with van der Waals surface area (Å²) in [5.74, 6) is 0.0723. The molecule has 0 aliphatic heterocycles. The molecule has 10 nitrogen and oxygen atoms in total. The average Bonchev–Trinajstić information content (AvgIpc) is 2.86. The highest BCUT2D eigenvalue weighted by Crippen LogP contribution is 2.04. The number of hydrogen-bond acceptors (Lipinski definition) is 6. The van der Waals surface area contributed by atoms with Gasteiger partial charge in [-0.05, 0) is 6.92 Å². The Morgan fingerprint density at radius 2 is 2.20 bits per heavy atom. The smallest absolute Gasteiger partial charge is 0.249 e. The number of aryl methyl sites for hydroxylation is 1. The number of aromatic amines is 1. The van der Waals surface area contributed by atoms with Crippen LogP contribution in [-0.4, -0.2) is 45.8 Å². The van der Waals surface area contributed by atoms with Crippen LogP contribution in [0.2, 0.25) is 0 Å². The van der Waals surface area contributed by atoms with Gasteiger partial charge in [-0.25, -0.2) is 8.42 Å². The first-order valence-corrected chi connectivity index (χ1v) is 7.41. The number of nitrogens with one attached hydrogen (secondary N) is 3. The van der Waals surface area contributed by atoms with Gasteiger partial charge >= 0.3 is 0 Å². The zero-order chi connectivity index (χ0) is 14.8. The van der Waals surface area contributed by atoms with Gasteiger partial charge in [-0.3, -0.25) is 14.6 Å². The van der Waals surface area contributed by atoms with Gasteiger partial charge in [0.2, 0.25) is 15.9 Å². The van der Waals surface area contributed by atoms with Crippen LogP contribution in [0.1, 0.15) is 5.69 Å². The van der Waals surface area contributed by atoms with Crippen LogP contribution in [0.25, 0.3) is 0 Å². The minimum atomic E-state index is -3.42. The Morgan fingerprint density at radius 3 is 2.80 bits per heavy atom. The molecule has 2 aromatic heterocycles. The quantitative estimate of drug-likeness (QED) is 0.669. The lowest BCUT2D eigenvalue weighted by molar-refractivity contribution is -0.117. The maximum atomic E-state index is 11.7. The number of sulfonamides is 1. The number of amides is 1. The van der Waals surface area contributed by atoms with Gasteiger partial charge in [0.25, 0.3) is 0 Å². The zero-order valence-electron chi connectivity index (χ0n) is 10.8. The number of rotatable bonds is 5. The third-order valence-electron chi connectivity index (χ3n) is 2.08. The van der Waals surface area contributed by atoms with E-state index >= 15 is 0 Å². The molecule has 3 N–H and O–H groups in total. The first-order valence-electron chi connectivity index (χ1n) is 5.51. The molecular weight excluding hydrogens is 286 g/mol. The molecular formula is C9H13N7O3S. The van der Waals surface area contributed by atoms with Gasteiger partial charge in [-0.2, -0.15) is 15.0 Å². The number of nitrogens with zero attached hydrogens (tertiary/aromatic N) is 4. The SMILES string of the molecule is Cc1cc(NC(=O)Cn2ncc(NS(C)(=O)=O)n2)n[nH]1. The monoisotopic (exact) mass is 299 g/mol. The predicted molar refractivity (Wildman–Crippen MR) is 70.4 cm³/mol.